The molecule has 1 aromatic heterocycles. The Morgan fingerprint density at radius 3 is 2.26 bits per heavy atom. The molecule has 0 fully saturated rings. The van der Waals surface area contributed by atoms with Crippen molar-refractivity contribution in [1.29, 1.82) is 0 Å². The maximum absolute atomic E-state index is 10.6. The molecule has 1 heterocycles. The number of carboxylic acid groups (broad SMARTS) is 1. The number of aromatic nitrogens is 2. The van der Waals surface area contributed by atoms with Gasteiger partial charge in [-0.3, -0.25) is 4.79 Å². The maximum Gasteiger partial charge on any atom is 0.317 e. The van der Waals surface area contributed by atoms with E-state index in [1.807, 2.05) is 72.8 Å². The van der Waals surface area contributed by atoms with Gasteiger partial charge in [0.05, 0.1) is 17.1 Å². The second-order valence-corrected chi connectivity index (χ2v) is 7.02. The van der Waals surface area contributed by atoms with Gasteiger partial charge in [-0.25, -0.2) is 0 Å². The smallest absolute Gasteiger partial charge is 0.317 e. The summed E-state index contributed by atoms with van der Waals surface area (Å²) in [5.41, 5.74) is 4.31. The Balaban J connectivity index is 0.00000272. The van der Waals surface area contributed by atoms with Crippen molar-refractivity contribution < 1.29 is 14.3 Å². The third-order valence-electron chi connectivity index (χ3n) is 4.55. The van der Waals surface area contributed by atoms with Crippen LogP contribution in [-0.2, 0) is 11.3 Å². The van der Waals surface area contributed by atoms with Crippen LogP contribution in [0.2, 0.25) is 5.02 Å². The highest BCUT2D eigenvalue weighted by molar-refractivity contribution is 6.35. The Labute approximate surface area is 190 Å². The van der Waals surface area contributed by atoms with Crippen molar-refractivity contribution in [2.75, 3.05) is 6.54 Å². The zero-order valence-corrected chi connectivity index (χ0v) is 17.9. The minimum Gasteiger partial charge on any atom is -0.480 e. The van der Waals surface area contributed by atoms with Gasteiger partial charge in [0.25, 0.3) is 0 Å². The van der Waals surface area contributed by atoms with Crippen molar-refractivity contribution in [3.63, 3.8) is 0 Å². The molecule has 0 spiro atoms. The topological polar surface area (TPSA) is 88.2 Å². The predicted octanol–water partition coefficient (Wildman–Crippen LogP) is 5.32. The number of benzene rings is 3. The Bertz CT molecular complexity index is 1160. The van der Waals surface area contributed by atoms with E-state index in [4.69, 9.17) is 21.1 Å². The van der Waals surface area contributed by atoms with Crippen LogP contribution < -0.4 is 5.32 Å². The van der Waals surface area contributed by atoms with E-state index in [9.17, 15) is 4.79 Å². The van der Waals surface area contributed by atoms with Crippen LogP contribution in [0.3, 0.4) is 0 Å². The summed E-state index contributed by atoms with van der Waals surface area (Å²) in [7, 11) is 0. The molecule has 0 unspecified atom stereocenters. The molecule has 158 valence electrons. The molecule has 0 aliphatic heterocycles. The number of hydrogen-bond donors (Lipinski definition) is 2. The average Bonchev–Trinajstić information content (AvgIpc) is 3.25. The van der Waals surface area contributed by atoms with Crippen LogP contribution in [0.4, 0.5) is 0 Å². The van der Waals surface area contributed by atoms with Gasteiger partial charge in [0, 0.05) is 17.7 Å². The number of nitrogens with one attached hydrogen (secondary N) is 1. The summed E-state index contributed by atoms with van der Waals surface area (Å²) in [4.78, 5) is 10.6. The van der Waals surface area contributed by atoms with E-state index in [0.717, 1.165) is 22.3 Å². The van der Waals surface area contributed by atoms with E-state index in [-0.39, 0.29) is 19.0 Å². The SMILES string of the molecule is Cl.O=C(O)CNCc1ccc(-c2nnc(-c3cccc(-c4ccccc4)c3Cl)o2)cc1. The van der Waals surface area contributed by atoms with Crippen LogP contribution in [0.15, 0.2) is 77.2 Å². The molecule has 0 aliphatic rings. The van der Waals surface area contributed by atoms with Crippen molar-refractivity contribution in [1.82, 2.24) is 15.5 Å². The predicted molar refractivity (Wildman–Crippen MR) is 122 cm³/mol. The van der Waals surface area contributed by atoms with Gasteiger partial charge in [0.1, 0.15) is 0 Å². The number of carboxylic acids is 1. The molecule has 6 nitrogen and oxygen atoms in total. The Morgan fingerprint density at radius 2 is 1.55 bits per heavy atom. The maximum atomic E-state index is 10.6. The number of hydrogen-bond acceptors (Lipinski definition) is 5. The van der Waals surface area contributed by atoms with E-state index in [2.05, 4.69) is 15.5 Å². The highest BCUT2D eigenvalue weighted by atomic mass is 35.5. The average molecular weight is 456 g/mol. The summed E-state index contributed by atoms with van der Waals surface area (Å²) in [6.07, 6.45) is 0. The fraction of sp³-hybridized carbons (Fsp3) is 0.0870. The molecular weight excluding hydrogens is 437 g/mol. The van der Waals surface area contributed by atoms with Crippen LogP contribution in [0.25, 0.3) is 34.0 Å². The number of carbonyl (C=O) groups is 1. The molecule has 0 atom stereocenters. The number of halogens is 2. The molecule has 2 N–H and O–H groups in total. The van der Waals surface area contributed by atoms with Gasteiger partial charge < -0.3 is 14.8 Å². The van der Waals surface area contributed by atoms with E-state index < -0.39 is 5.97 Å². The molecular formula is C23H19Cl2N3O3. The molecule has 4 aromatic rings. The molecule has 0 saturated carbocycles. The van der Waals surface area contributed by atoms with Crippen molar-refractivity contribution in [3.05, 3.63) is 83.4 Å². The van der Waals surface area contributed by atoms with Gasteiger partial charge in [-0.05, 0) is 29.3 Å². The summed E-state index contributed by atoms with van der Waals surface area (Å²) in [6, 6.07) is 23.1. The van der Waals surface area contributed by atoms with Gasteiger partial charge in [-0.2, -0.15) is 0 Å². The fourth-order valence-corrected chi connectivity index (χ4v) is 3.38. The van der Waals surface area contributed by atoms with Gasteiger partial charge in [-0.15, -0.1) is 22.6 Å². The Morgan fingerprint density at radius 1 is 0.871 bits per heavy atom. The van der Waals surface area contributed by atoms with Crippen LogP contribution in [0.5, 0.6) is 0 Å². The third-order valence-corrected chi connectivity index (χ3v) is 4.95. The largest absolute Gasteiger partial charge is 0.480 e. The van der Waals surface area contributed by atoms with Crippen LogP contribution in [-0.4, -0.2) is 27.8 Å². The van der Waals surface area contributed by atoms with Gasteiger partial charge >= 0.3 is 5.97 Å². The Kier molecular flexibility index (Phi) is 7.41. The van der Waals surface area contributed by atoms with Gasteiger partial charge in [-0.1, -0.05) is 66.2 Å². The van der Waals surface area contributed by atoms with E-state index in [1.54, 1.807) is 0 Å². The molecule has 3 aromatic carbocycles. The first-order valence-corrected chi connectivity index (χ1v) is 9.69. The second kappa shape index (κ2) is 10.2. The van der Waals surface area contributed by atoms with Gasteiger partial charge in [0.15, 0.2) is 0 Å². The first-order chi connectivity index (χ1) is 14.6. The highest BCUT2D eigenvalue weighted by Gasteiger charge is 2.16. The zero-order valence-electron chi connectivity index (χ0n) is 16.3. The fourth-order valence-electron chi connectivity index (χ4n) is 3.07. The van der Waals surface area contributed by atoms with Crippen molar-refractivity contribution in [2.45, 2.75) is 6.54 Å². The van der Waals surface area contributed by atoms with Crippen LogP contribution >= 0.6 is 24.0 Å². The third kappa shape index (κ3) is 5.30. The minimum absolute atomic E-state index is 0. The number of rotatable bonds is 7. The number of nitrogens with zero attached hydrogens (tertiary/aromatic N) is 2. The van der Waals surface area contributed by atoms with Crippen LogP contribution in [0.1, 0.15) is 5.56 Å². The molecule has 0 amide bonds. The van der Waals surface area contributed by atoms with Crippen molar-refractivity contribution in [3.8, 4) is 34.0 Å². The quantitative estimate of drug-likeness (QED) is 0.391. The molecule has 0 bridgehead atoms. The summed E-state index contributed by atoms with van der Waals surface area (Å²) < 4.78 is 5.88. The van der Waals surface area contributed by atoms with E-state index >= 15 is 0 Å². The van der Waals surface area contributed by atoms with Crippen molar-refractivity contribution >= 4 is 30.0 Å². The zero-order chi connectivity index (χ0) is 20.9. The Hall–Kier alpha value is -3.19. The molecule has 31 heavy (non-hydrogen) atoms. The lowest BCUT2D eigenvalue weighted by Gasteiger charge is -2.07. The lowest BCUT2D eigenvalue weighted by Crippen LogP contribution is -2.21. The van der Waals surface area contributed by atoms with E-state index in [1.165, 1.54) is 0 Å². The highest BCUT2D eigenvalue weighted by Crippen LogP contribution is 2.36. The summed E-state index contributed by atoms with van der Waals surface area (Å²) in [5, 5.41) is 20.4. The molecule has 4 rings (SSSR count). The molecule has 0 aliphatic carbocycles. The van der Waals surface area contributed by atoms with Gasteiger partial charge in [0.2, 0.25) is 11.8 Å². The molecule has 0 saturated heterocycles. The van der Waals surface area contributed by atoms with E-state index in [0.29, 0.717) is 28.9 Å². The summed E-state index contributed by atoms with van der Waals surface area (Å²) >= 11 is 6.65. The molecule has 8 heteroatoms. The monoisotopic (exact) mass is 455 g/mol. The number of aliphatic carboxylic acids is 1. The molecule has 0 radical (unpaired) electrons. The second-order valence-electron chi connectivity index (χ2n) is 6.64. The summed E-state index contributed by atoms with van der Waals surface area (Å²) in [6.45, 7) is 0.376. The first kappa shape index (κ1) is 22.5. The lowest BCUT2D eigenvalue weighted by atomic mass is 10.0. The summed E-state index contributed by atoms with van der Waals surface area (Å²) in [5.74, 6) is -0.156. The standard InChI is InChI=1S/C23H18ClN3O3.ClH/c24-21-18(16-5-2-1-3-6-16)7-4-8-19(21)23-27-26-22(30-23)17-11-9-15(10-12-17)13-25-14-20(28)29;/h1-12,25H,13-14H2,(H,28,29);1H. The lowest BCUT2D eigenvalue weighted by molar-refractivity contribution is -0.135. The first-order valence-electron chi connectivity index (χ1n) is 9.31. The van der Waals surface area contributed by atoms with Crippen LogP contribution in [0, 0.1) is 0 Å². The van der Waals surface area contributed by atoms with Crippen molar-refractivity contribution in [2.24, 2.45) is 0 Å². The normalized spacial score (nSPS) is 10.5. The minimum atomic E-state index is -0.889.